The van der Waals surface area contributed by atoms with Crippen molar-refractivity contribution < 1.29 is 19.7 Å². The van der Waals surface area contributed by atoms with E-state index >= 15 is 0 Å². The van der Waals surface area contributed by atoms with Crippen LogP contribution in [0.15, 0.2) is 36.4 Å². The monoisotopic (exact) mass is 462 g/mol. The first-order chi connectivity index (χ1) is 14.8. The molecule has 0 aliphatic carbocycles. The van der Waals surface area contributed by atoms with E-state index in [1.807, 2.05) is 23.1 Å². The molecule has 31 heavy (non-hydrogen) atoms. The SMILES string of the molecule is O=C(O)c1cc(Cl)ccc1N1CC(N2CCC3(CC2)Cc2cc(Cl)ccc2O3)[C@H](O)C1. The van der Waals surface area contributed by atoms with Crippen molar-refractivity contribution in [3.05, 3.63) is 57.6 Å². The number of nitrogens with zero attached hydrogens (tertiary/aromatic N) is 2. The molecule has 5 rings (SSSR count). The Morgan fingerprint density at radius 3 is 2.52 bits per heavy atom. The van der Waals surface area contributed by atoms with Gasteiger partial charge in [0.05, 0.1) is 23.4 Å². The number of halogens is 2. The van der Waals surface area contributed by atoms with E-state index in [0.29, 0.717) is 23.8 Å². The number of anilines is 1. The number of hydrogen-bond donors (Lipinski definition) is 2. The lowest BCUT2D eigenvalue weighted by Crippen LogP contribution is -2.53. The number of likely N-dealkylation sites (tertiary alicyclic amines) is 1. The van der Waals surface area contributed by atoms with Crippen LogP contribution in [0, 0.1) is 0 Å². The number of carboxylic acid groups (broad SMARTS) is 1. The summed E-state index contributed by atoms with van der Waals surface area (Å²) in [6.07, 6.45) is 2.07. The van der Waals surface area contributed by atoms with Gasteiger partial charge < -0.3 is 19.8 Å². The van der Waals surface area contributed by atoms with Crippen LogP contribution in [-0.4, -0.2) is 65.0 Å². The maximum Gasteiger partial charge on any atom is 0.337 e. The highest BCUT2D eigenvalue weighted by atomic mass is 35.5. The molecule has 8 heteroatoms. The first-order valence-electron chi connectivity index (χ1n) is 10.5. The largest absolute Gasteiger partial charge is 0.487 e. The van der Waals surface area contributed by atoms with Crippen molar-refractivity contribution in [2.24, 2.45) is 0 Å². The predicted octanol–water partition coefficient (Wildman–Crippen LogP) is 3.71. The summed E-state index contributed by atoms with van der Waals surface area (Å²) in [5.41, 5.74) is 1.73. The number of aromatic carboxylic acids is 1. The van der Waals surface area contributed by atoms with Gasteiger partial charge in [-0.2, -0.15) is 0 Å². The maximum absolute atomic E-state index is 11.7. The van der Waals surface area contributed by atoms with Crippen LogP contribution in [0.2, 0.25) is 10.0 Å². The average molecular weight is 463 g/mol. The van der Waals surface area contributed by atoms with Gasteiger partial charge in [0.1, 0.15) is 11.4 Å². The van der Waals surface area contributed by atoms with Gasteiger partial charge in [0.15, 0.2) is 0 Å². The number of aliphatic hydroxyl groups excluding tert-OH is 1. The van der Waals surface area contributed by atoms with E-state index in [1.165, 1.54) is 6.07 Å². The number of piperidine rings is 1. The molecule has 2 N–H and O–H groups in total. The molecule has 2 aromatic carbocycles. The number of fused-ring (bicyclic) bond motifs is 1. The van der Waals surface area contributed by atoms with Gasteiger partial charge in [-0.1, -0.05) is 23.2 Å². The van der Waals surface area contributed by atoms with Gasteiger partial charge in [-0.15, -0.1) is 0 Å². The second-order valence-corrected chi connectivity index (χ2v) is 9.63. The van der Waals surface area contributed by atoms with E-state index in [2.05, 4.69) is 4.90 Å². The van der Waals surface area contributed by atoms with Crippen LogP contribution in [0.4, 0.5) is 5.69 Å². The van der Waals surface area contributed by atoms with Gasteiger partial charge in [-0.25, -0.2) is 4.79 Å². The van der Waals surface area contributed by atoms with Crippen molar-refractivity contribution in [3.8, 4) is 5.75 Å². The van der Waals surface area contributed by atoms with E-state index in [1.54, 1.807) is 12.1 Å². The van der Waals surface area contributed by atoms with Crippen molar-refractivity contribution >= 4 is 34.9 Å². The van der Waals surface area contributed by atoms with Gasteiger partial charge in [-0.3, -0.25) is 4.90 Å². The van der Waals surface area contributed by atoms with Crippen molar-refractivity contribution in [1.82, 2.24) is 4.90 Å². The van der Waals surface area contributed by atoms with Crippen molar-refractivity contribution in [3.63, 3.8) is 0 Å². The molecule has 1 spiro atoms. The minimum Gasteiger partial charge on any atom is -0.487 e. The molecule has 2 saturated heterocycles. The van der Waals surface area contributed by atoms with Gasteiger partial charge in [0.25, 0.3) is 0 Å². The summed E-state index contributed by atoms with van der Waals surface area (Å²) in [4.78, 5) is 15.9. The lowest BCUT2D eigenvalue weighted by atomic mass is 9.86. The summed E-state index contributed by atoms with van der Waals surface area (Å²) in [7, 11) is 0. The molecular formula is C23H24Cl2N2O4. The number of β-amino-alcohol motifs (C(OH)–C–C–N with tert-alkyl or cyclic N) is 1. The molecule has 3 aliphatic rings. The van der Waals surface area contributed by atoms with Gasteiger partial charge in [-0.05, 0) is 42.0 Å². The number of rotatable bonds is 3. The molecule has 2 atom stereocenters. The standard InChI is InChI=1S/C23H24Cl2N2O4/c24-15-2-4-21-14(9-15)11-23(31-21)5-7-26(8-6-23)19-12-27(13-20(19)28)18-3-1-16(25)10-17(18)22(29)30/h1-4,9-10,19-20,28H,5-8,11-13H2,(H,29,30)/t19?,20-/m1/s1. The summed E-state index contributed by atoms with van der Waals surface area (Å²) in [6.45, 7) is 2.62. The molecule has 2 aromatic rings. The topological polar surface area (TPSA) is 73.2 Å². The van der Waals surface area contributed by atoms with Crippen LogP contribution in [-0.2, 0) is 6.42 Å². The normalized spacial score (nSPS) is 24.9. The number of benzene rings is 2. The number of carboxylic acids is 1. The molecule has 2 fully saturated rings. The molecule has 164 valence electrons. The third-order valence-electron chi connectivity index (χ3n) is 6.83. The molecule has 6 nitrogen and oxygen atoms in total. The average Bonchev–Trinajstić information content (AvgIpc) is 3.28. The fraction of sp³-hybridized carbons (Fsp3) is 0.435. The van der Waals surface area contributed by atoms with Crippen molar-refractivity contribution in [2.75, 3.05) is 31.1 Å². The second-order valence-electron chi connectivity index (χ2n) is 8.76. The van der Waals surface area contributed by atoms with E-state index in [0.717, 1.165) is 48.7 Å². The number of carbonyl (C=O) groups is 1. The minimum atomic E-state index is -1.02. The lowest BCUT2D eigenvalue weighted by molar-refractivity contribution is -0.0107. The Bertz CT molecular complexity index is 1020. The quantitative estimate of drug-likeness (QED) is 0.723. The zero-order valence-corrected chi connectivity index (χ0v) is 18.4. The molecule has 0 amide bonds. The van der Waals surface area contributed by atoms with Gasteiger partial charge >= 0.3 is 5.97 Å². The molecule has 3 aliphatic heterocycles. The van der Waals surface area contributed by atoms with E-state index in [-0.39, 0.29) is 17.2 Å². The summed E-state index contributed by atoms with van der Waals surface area (Å²) < 4.78 is 6.34. The highest BCUT2D eigenvalue weighted by Gasteiger charge is 2.45. The highest BCUT2D eigenvalue weighted by molar-refractivity contribution is 6.31. The van der Waals surface area contributed by atoms with Crippen molar-refractivity contribution in [1.29, 1.82) is 0 Å². The van der Waals surface area contributed by atoms with Crippen LogP contribution in [0.5, 0.6) is 5.75 Å². The second kappa shape index (κ2) is 7.85. The van der Waals surface area contributed by atoms with E-state index in [4.69, 9.17) is 27.9 Å². The van der Waals surface area contributed by atoms with Gasteiger partial charge in [0.2, 0.25) is 0 Å². The smallest absolute Gasteiger partial charge is 0.337 e. The molecule has 0 aromatic heterocycles. The van der Waals surface area contributed by atoms with Crippen LogP contribution in [0.3, 0.4) is 0 Å². The molecule has 3 heterocycles. The highest BCUT2D eigenvalue weighted by Crippen LogP contribution is 2.42. The third-order valence-corrected chi connectivity index (χ3v) is 7.30. The molecule has 1 unspecified atom stereocenters. The predicted molar refractivity (Wildman–Crippen MR) is 120 cm³/mol. The summed E-state index contributed by atoms with van der Waals surface area (Å²) in [6, 6.07) is 10.6. The van der Waals surface area contributed by atoms with Crippen LogP contribution in [0.25, 0.3) is 0 Å². The van der Waals surface area contributed by atoms with Crippen LogP contribution >= 0.6 is 23.2 Å². The van der Waals surface area contributed by atoms with Crippen LogP contribution in [0.1, 0.15) is 28.8 Å². The Morgan fingerprint density at radius 1 is 1.06 bits per heavy atom. The van der Waals surface area contributed by atoms with Crippen molar-refractivity contribution in [2.45, 2.75) is 37.0 Å². The maximum atomic E-state index is 11.7. The molecule has 0 saturated carbocycles. The van der Waals surface area contributed by atoms with Gasteiger partial charge in [0, 0.05) is 55.5 Å². The first-order valence-corrected chi connectivity index (χ1v) is 11.3. The minimum absolute atomic E-state index is 0.0482. The Morgan fingerprint density at radius 2 is 1.77 bits per heavy atom. The summed E-state index contributed by atoms with van der Waals surface area (Å²) in [5, 5.41) is 21.5. The number of aliphatic hydroxyl groups is 1. The Hall–Kier alpha value is -1.99. The first kappa shape index (κ1) is 20.9. The third kappa shape index (κ3) is 3.87. The fourth-order valence-electron chi connectivity index (χ4n) is 5.22. The lowest BCUT2D eigenvalue weighted by Gasteiger charge is -2.41. The zero-order valence-electron chi connectivity index (χ0n) is 16.9. The van der Waals surface area contributed by atoms with E-state index < -0.39 is 12.1 Å². The summed E-state index contributed by atoms with van der Waals surface area (Å²) >= 11 is 12.1. The Balaban J connectivity index is 1.27. The van der Waals surface area contributed by atoms with E-state index in [9.17, 15) is 15.0 Å². The number of ether oxygens (including phenoxy) is 1. The zero-order chi connectivity index (χ0) is 21.8. The summed E-state index contributed by atoms with van der Waals surface area (Å²) in [5.74, 6) is -0.0951. The number of hydrogen-bond acceptors (Lipinski definition) is 5. The molecule has 0 radical (unpaired) electrons. The molecular weight excluding hydrogens is 439 g/mol. The molecule has 0 bridgehead atoms. The van der Waals surface area contributed by atoms with Crippen LogP contribution < -0.4 is 9.64 Å². The Kier molecular flexibility index (Phi) is 5.29. The Labute approximate surface area is 190 Å². The fourth-order valence-corrected chi connectivity index (χ4v) is 5.59.